The van der Waals surface area contributed by atoms with Crippen LogP contribution < -0.4 is 5.32 Å². The molecule has 0 unspecified atom stereocenters. The number of piperidine rings is 1. The molecule has 1 aromatic heterocycles. The number of allylic oxidation sites excluding steroid dienone is 3. The number of anilines is 1. The third kappa shape index (κ3) is 5.00. The van der Waals surface area contributed by atoms with E-state index in [9.17, 15) is 0 Å². The van der Waals surface area contributed by atoms with Crippen LogP contribution in [0.15, 0.2) is 35.2 Å². The van der Waals surface area contributed by atoms with Gasteiger partial charge in [0.2, 0.25) is 0 Å². The predicted molar refractivity (Wildman–Crippen MR) is 116 cm³/mol. The lowest BCUT2D eigenvalue weighted by Gasteiger charge is -2.37. The number of likely N-dealkylation sites (tertiary alicyclic amines) is 1. The van der Waals surface area contributed by atoms with Gasteiger partial charge in [0.1, 0.15) is 0 Å². The van der Waals surface area contributed by atoms with E-state index in [1.807, 2.05) is 19.4 Å². The lowest BCUT2D eigenvalue weighted by Crippen LogP contribution is -2.33. The largest absolute Gasteiger partial charge is 0.387 e. The van der Waals surface area contributed by atoms with Gasteiger partial charge >= 0.3 is 0 Å². The molecule has 3 rings (SSSR count). The third-order valence-electron chi connectivity index (χ3n) is 5.97. The summed E-state index contributed by atoms with van der Waals surface area (Å²) in [6, 6.07) is 2.17. The normalized spacial score (nSPS) is 19.9. The number of nitrogens with one attached hydrogen (secondary N) is 1. The molecule has 4 nitrogen and oxygen atoms in total. The van der Waals surface area contributed by atoms with Crippen LogP contribution in [-0.2, 0) is 0 Å². The van der Waals surface area contributed by atoms with Gasteiger partial charge in [-0.05, 0) is 63.8 Å². The highest BCUT2D eigenvalue weighted by Gasteiger charge is 2.24. The maximum absolute atomic E-state index is 4.58. The van der Waals surface area contributed by atoms with Crippen LogP contribution in [0.3, 0.4) is 0 Å². The molecule has 0 bridgehead atoms. The van der Waals surface area contributed by atoms with Gasteiger partial charge in [0.05, 0.1) is 11.9 Å². The molecular weight excluding hydrogens is 332 g/mol. The Labute approximate surface area is 164 Å². The van der Waals surface area contributed by atoms with Gasteiger partial charge < -0.3 is 10.2 Å². The summed E-state index contributed by atoms with van der Waals surface area (Å²) in [7, 11) is 1.93. The fourth-order valence-corrected chi connectivity index (χ4v) is 4.42. The Balaban J connectivity index is 2.00. The molecule has 0 aromatic carbocycles. The molecule has 0 amide bonds. The summed E-state index contributed by atoms with van der Waals surface area (Å²) in [6.07, 6.45) is 16.8. The Morgan fingerprint density at radius 1 is 1.19 bits per heavy atom. The molecule has 1 saturated heterocycles. The number of aryl methyl sites for hydroxylation is 1. The summed E-state index contributed by atoms with van der Waals surface area (Å²) >= 11 is 0. The Kier molecular flexibility index (Phi) is 7.08. The Hall–Kier alpha value is -2.10. The van der Waals surface area contributed by atoms with Crippen molar-refractivity contribution in [1.82, 2.24) is 9.88 Å². The first-order valence-electron chi connectivity index (χ1n) is 10.5. The van der Waals surface area contributed by atoms with Crippen LogP contribution in [0.1, 0.15) is 62.6 Å². The standard InChI is InChI=1S/C23H34N4/c1-18-22(15-21(25-3)17-26-18)20(16-24-2)14-23(19-10-6-4-7-11-19)27-12-8-5-9-13-27/h14-17,19,25H,2,4-13H2,1,3H3/b20-16+,23-14+. The zero-order valence-corrected chi connectivity index (χ0v) is 17.0. The van der Waals surface area contributed by atoms with Crippen LogP contribution in [-0.4, -0.2) is 36.7 Å². The molecule has 1 aliphatic carbocycles. The van der Waals surface area contributed by atoms with Crippen molar-refractivity contribution in [3.05, 3.63) is 41.5 Å². The number of hydrogen-bond donors (Lipinski definition) is 1. The SMILES string of the molecule is C=N/C=C(\C=C(/C1CCCCC1)N1CCCCC1)c1cc(NC)cnc1C. The van der Waals surface area contributed by atoms with Crippen molar-refractivity contribution in [2.24, 2.45) is 10.9 Å². The van der Waals surface area contributed by atoms with E-state index in [1.165, 1.54) is 70.2 Å². The summed E-state index contributed by atoms with van der Waals surface area (Å²) in [4.78, 5) is 11.3. The molecule has 2 fully saturated rings. The van der Waals surface area contributed by atoms with Crippen LogP contribution >= 0.6 is 0 Å². The molecule has 4 heteroatoms. The minimum absolute atomic E-state index is 0.672. The van der Waals surface area contributed by atoms with Gasteiger partial charge in [-0.1, -0.05) is 19.3 Å². The first-order chi connectivity index (χ1) is 13.2. The number of rotatable bonds is 6. The van der Waals surface area contributed by atoms with Crippen LogP contribution in [0.2, 0.25) is 0 Å². The highest BCUT2D eigenvalue weighted by molar-refractivity contribution is 5.77. The molecule has 2 heterocycles. The van der Waals surface area contributed by atoms with Gasteiger partial charge in [0, 0.05) is 48.9 Å². The first-order valence-corrected chi connectivity index (χ1v) is 10.5. The van der Waals surface area contributed by atoms with E-state index in [2.05, 4.69) is 46.0 Å². The molecule has 1 aliphatic heterocycles. The molecule has 0 atom stereocenters. The highest BCUT2D eigenvalue weighted by atomic mass is 15.1. The average molecular weight is 367 g/mol. The number of pyridine rings is 1. The molecule has 0 spiro atoms. The number of nitrogens with zero attached hydrogens (tertiary/aromatic N) is 3. The molecule has 1 aromatic rings. The van der Waals surface area contributed by atoms with E-state index >= 15 is 0 Å². The van der Waals surface area contributed by atoms with Crippen molar-refractivity contribution in [1.29, 1.82) is 0 Å². The molecular formula is C23H34N4. The van der Waals surface area contributed by atoms with Crippen molar-refractivity contribution in [3.63, 3.8) is 0 Å². The smallest absolute Gasteiger partial charge is 0.0530 e. The van der Waals surface area contributed by atoms with E-state index in [-0.39, 0.29) is 0 Å². The second-order valence-corrected chi connectivity index (χ2v) is 7.83. The lowest BCUT2D eigenvalue weighted by molar-refractivity contribution is 0.234. The zero-order chi connectivity index (χ0) is 19.1. The second kappa shape index (κ2) is 9.72. The van der Waals surface area contributed by atoms with Gasteiger partial charge in [-0.2, -0.15) is 0 Å². The van der Waals surface area contributed by atoms with Crippen molar-refractivity contribution in [3.8, 4) is 0 Å². The van der Waals surface area contributed by atoms with Crippen LogP contribution in [0.25, 0.3) is 5.57 Å². The Morgan fingerprint density at radius 2 is 1.89 bits per heavy atom. The lowest BCUT2D eigenvalue weighted by atomic mass is 9.84. The van der Waals surface area contributed by atoms with Crippen molar-refractivity contribution < 1.29 is 0 Å². The van der Waals surface area contributed by atoms with Gasteiger partial charge in [0.25, 0.3) is 0 Å². The summed E-state index contributed by atoms with van der Waals surface area (Å²) in [5.74, 6) is 0.672. The molecule has 2 aliphatic rings. The topological polar surface area (TPSA) is 40.5 Å². The molecule has 0 radical (unpaired) electrons. The average Bonchev–Trinajstić information content (AvgIpc) is 2.73. The van der Waals surface area contributed by atoms with E-state index in [0.717, 1.165) is 22.5 Å². The maximum atomic E-state index is 4.58. The molecule has 146 valence electrons. The number of aromatic nitrogens is 1. The minimum atomic E-state index is 0.672. The van der Waals surface area contributed by atoms with Crippen molar-refractivity contribution in [2.75, 3.05) is 25.5 Å². The fourth-order valence-electron chi connectivity index (χ4n) is 4.42. The quantitative estimate of drug-likeness (QED) is 0.539. The van der Waals surface area contributed by atoms with Crippen molar-refractivity contribution >= 4 is 18.0 Å². The Morgan fingerprint density at radius 3 is 2.56 bits per heavy atom. The van der Waals surface area contributed by atoms with Gasteiger partial charge in [-0.3, -0.25) is 9.98 Å². The van der Waals surface area contributed by atoms with E-state index in [1.54, 1.807) is 0 Å². The molecule has 1 saturated carbocycles. The highest BCUT2D eigenvalue weighted by Crippen LogP contribution is 2.35. The fraction of sp³-hybridized carbons (Fsp3) is 0.565. The van der Waals surface area contributed by atoms with E-state index in [0.29, 0.717) is 5.92 Å². The van der Waals surface area contributed by atoms with Crippen LogP contribution in [0.5, 0.6) is 0 Å². The molecule has 27 heavy (non-hydrogen) atoms. The number of aliphatic imine (C=N–C) groups is 1. The van der Waals surface area contributed by atoms with Gasteiger partial charge in [0.15, 0.2) is 0 Å². The van der Waals surface area contributed by atoms with Crippen LogP contribution in [0, 0.1) is 12.8 Å². The summed E-state index contributed by atoms with van der Waals surface area (Å²) < 4.78 is 0. The predicted octanol–water partition coefficient (Wildman–Crippen LogP) is 5.42. The third-order valence-corrected chi connectivity index (χ3v) is 5.97. The summed E-state index contributed by atoms with van der Waals surface area (Å²) in [5.41, 5.74) is 5.83. The summed E-state index contributed by atoms with van der Waals surface area (Å²) in [6.45, 7) is 8.17. The minimum Gasteiger partial charge on any atom is -0.387 e. The van der Waals surface area contributed by atoms with Gasteiger partial charge in [-0.25, -0.2) is 0 Å². The molecule has 1 N–H and O–H groups in total. The second-order valence-electron chi connectivity index (χ2n) is 7.83. The first kappa shape index (κ1) is 19.7. The van der Waals surface area contributed by atoms with E-state index < -0.39 is 0 Å². The van der Waals surface area contributed by atoms with Crippen molar-refractivity contribution in [2.45, 2.75) is 58.3 Å². The zero-order valence-electron chi connectivity index (χ0n) is 17.0. The summed E-state index contributed by atoms with van der Waals surface area (Å²) in [5, 5.41) is 3.20. The Bertz CT molecular complexity index is 672. The van der Waals surface area contributed by atoms with E-state index in [4.69, 9.17) is 0 Å². The number of hydrogen-bond acceptors (Lipinski definition) is 4. The monoisotopic (exact) mass is 366 g/mol. The van der Waals surface area contributed by atoms with Gasteiger partial charge in [-0.15, -0.1) is 0 Å². The van der Waals surface area contributed by atoms with Crippen LogP contribution in [0.4, 0.5) is 5.69 Å². The maximum Gasteiger partial charge on any atom is 0.0530 e.